The van der Waals surface area contributed by atoms with Gasteiger partial charge in [-0.3, -0.25) is 0 Å². The zero-order valence-electron chi connectivity index (χ0n) is 7.64. The Balaban J connectivity index is 2.27. The van der Waals surface area contributed by atoms with Crippen molar-refractivity contribution in [1.29, 1.82) is 0 Å². The molecule has 82 valence electrons. The van der Waals surface area contributed by atoms with Gasteiger partial charge < -0.3 is 15.1 Å². The van der Waals surface area contributed by atoms with Gasteiger partial charge in [0.15, 0.2) is 10.3 Å². The van der Waals surface area contributed by atoms with Crippen LogP contribution in [0.25, 0.3) is 0 Å². The molecule has 2 atom stereocenters. The van der Waals surface area contributed by atoms with Crippen molar-refractivity contribution >= 4 is 28.9 Å². The Kier molecular flexibility index (Phi) is 2.97. The molecule has 0 amide bonds. The van der Waals surface area contributed by atoms with E-state index in [2.05, 4.69) is 10.2 Å². The summed E-state index contributed by atoms with van der Waals surface area (Å²) in [6.07, 6.45) is -1.54. The maximum Gasteiger partial charge on any atom is 0.175 e. The molecule has 1 aromatic heterocycles. The number of aliphatic hydroxyl groups excluding tert-OH is 2. The molecule has 1 aliphatic rings. The first-order chi connectivity index (χ1) is 7.08. The number of rotatable bonds is 1. The first-order valence-electron chi connectivity index (χ1n) is 4.37. The first kappa shape index (κ1) is 10.9. The van der Waals surface area contributed by atoms with Crippen molar-refractivity contribution in [2.24, 2.45) is 0 Å². The number of halogens is 2. The second-order valence-electron chi connectivity index (χ2n) is 3.38. The summed E-state index contributed by atoms with van der Waals surface area (Å²) in [5.74, 6) is 0. The largest absolute Gasteiger partial charge is 0.389 e. The molecule has 1 fully saturated rings. The number of anilines is 1. The summed E-state index contributed by atoms with van der Waals surface area (Å²) in [7, 11) is 0. The van der Waals surface area contributed by atoms with E-state index in [0.29, 0.717) is 18.8 Å². The Morgan fingerprint density at radius 1 is 1.20 bits per heavy atom. The molecule has 0 spiro atoms. The molecule has 5 nitrogen and oxygen atoms in total. The van der Waals surface area contributed by atoms with E-state index >= 15 is 0 Å². The fourth-order valence-corrected chi connectivity index (χ4v) is 1.89. The smallest absolute Gasteiger partial charge is 0.175 e. The third kappa shape index (κ3) is 2.15. The molecular weight excluding hydrogens is 241 g/mol. The summed E-state index contributed by atoms with van der Waals surface area (Å²) in [6.45, 7) is 0.617. The minimum atomic E-state index is -0.770. The highest BCUT2D eigenvalue weighted by Crippen LogP contribution is 2.28. The highest BCUT2D eigenvalue weighted by Gasteiger charge is 2.31. The summed E-state index contributed by atoms with van der Waals surface area (Å²) >= 11 is 11.5. The summed E-state index contributed by atoms with van der Waals surface area (Å²) < 4.78 is 0. The maximum absolute atomic E-state index is 9.39. The minimum absolute atomic E-state index is 0.209. The van der Waals surface area contributed by atoms with Gasteiger partial charge >= 0.3 is 0 Å². The fraction of sp³-hybridized carbons (Fsp3) is 0.500. The van der Waals surface area contributed by atoms with Gasteiger partial charge in [0.25, 0.3) is 0 Å². The molecule has 0 aliphatic carbocycles. The van der Waals surface area contributed by atoms with Crippen molar-refractivity contribution in [3.8, 4) is 0 Å². The average Bonchev–Trinajstić information content (AvgIpc) is 2.51. The van der Waals surface area contributed by atoms with Gasteiger partial charge in [0.2, 0.25) is 0 Å². The number of aliphatic hydroxyl groups is 2. The maximum atomic E-state index is 9.39. The molecule has 7 heteroatoms. The monoisotopic (exact) mass is 249 g/mol. The molecule has 2 unspecified atom stereocenters. The van der Waals surface area contributed by atoms with Gasteiger partial charge in [-0.2, -0.15) is 0 Å². The standard InChI is InChI=1S/C8H9Cl2N3O2/c9-7-1-4(8(10)12-11-7)13-2-5(14)6(15)3-13/h1,5-6,14-15H,2-3H2. The summed E-state index contributed by atoms with van der Waals surface area (Å²) in [6, 6.07) is 1.56. The van der Waals surface area contributed by atoms with Crippen LogP contribution in [0.15, 0.2) is 6.07 Å². The molecule has 0 aromatic carbocycles. The topological polar surface area (TPSA) is 69.5 Å². The molecule has 15 heavy (non-hydrogen) atoms. The van der Waals surface area contributed by atoms with Crippen LogP contribution < -0.4 is 4.90 Å². The van der Waals surface area contributed by atoms with Crippen molar-refractivity contribution in [3.05, 3.63) is 16.4 Å². The Morgan fingerprint density at radius 3 is 2.40 bits per heavy atom. The van der Waals surface area contributed by atoms with Crippen LogP contribution in [-0.4, -0.2) is 45.7 Å². The summed E-state index contributed by atoms with van der Waals surface area (Å²) in [5.41, 5.74) is 0.576. The Hall–Kier alpha value is -0.620. The number of aromatic nitrogens is 2. The van der Waals surface area contributed by atoms with Gasteiger partial charge in [-0.15, -0.1) is 10.2 Å². The van der Waals surface area contributed by atoms with E-state index in [1.165, 1.54) is 0 Å². The van der Waals surface area contributed by atoms with E-state index in [1.54, 1.807) is 11.0 Å². The minimum Gasteiger partial charge on any atom is -0.389 e. The van der Waals surface area contributed by atoms with Crippen LogP contribution in [0.1, 0.15) is 0 Å². The van der Waals surface area contributed by atoms with Crippen LogP contribution in [0.3, 0.4) is 0 Å². The van der Waals surface area contributed by atoms with E-state index in [-0.39, 0.29) is 10.3 Å². The van der Waals surface area contributed by atoms with E-state index in [0.717, 1.165) is 0 Å². The number of hydrogen-bond acceptors (Lipinski definition) is 5. The Morgan fingerprint density at radius 2 is 1.80 bits per heavy atom. The first-order valence-corrected chi connectivity index (χ1v) is 5.13. The molecular formula is C8H9Cl2N3O2. The lowest BCUT2D eigenvalue weighted by Crippen LogP contribution is -2.22. The second kappa shape index (κ2) is 4.09. The predicted molar refractivity (Wildman–Crippen MR) is 56.3 cm³/mol. The molecule has 2 N–H and O–H groups in total. The van der Waals surface area contributed by atoms with Crippen LogP contribution >= 0.6 is 23.2 Å². The van der Waals surface area contributed by atoms with Crippen LogP contribution in [-0.2, 0) is 0 Å². The molecule has 0 bridgehead atoms. The van der Waals surface area contributed by atoms with Gasteiger partial charge in [-0.25, -0.2) is 0 Å². The molecule has 0 saturated carbocycles. The zero-order valence-corrected chi connectivity index (χ0v) is 9.15. The van der Waals surface area contributed by atoms with Gasteiger partial charge in [0.05, 0.1) is 17.9 Å². The summed E-state index contributed by atoms with van der Waals surface area (Å²) in [4.78, 5) is 1.72. The quantitative estimate of drug-likeness (QED) is 0.751. The molecule has 2 heterocycles. The van der Waals surface area contributed by atoms with Crippen molar-refractivity contribution in [1.82, 2.24) is 10.2 Å². The molecule has 1 aromatic rings. The van der Waals surface area contributed by atoms with Crippen LogP contribution in [0.4, 0.5) is 5.69 Å². The Labute approximate surface area is 96.2 Å². The molecule has 1 saturated heterocycles. The van der Waals surface area contributed by atoms with Crippen molar-refractivity contribution in [3.63, 3.8) is 0 Å². The number of nitrogens with zero attached hydrogens (tertiary/aromatic N) is 3. The van der Waals surface area contributed by atoms with Crippen molar-refractivity contribution < 1.29 is 10.2 Å². The highest BCUT2D eigenvalue weighted by atomic mass is 35.5. The third-order valence-corrected chi connectivity index (χ3v) is 2.75. The van der Waals surface area contributed by atoms with Crippen molar-refractivity contribution in [2.45, 2.75) is 12.2 Å². The lowest BCUT2D eigenvalue weighted by atomic mass is 10.3. The van der Waals surface area contributed by atoms with Gasteiger partial charge in [-0.05, 0) is 0 Å². The summed E-state index contributed by atoms with van der Waals surface area (Å²) in [5, 5.41) is 26.4. The van der Waals surface area contributed by atoms with E-state index in [9.17, 15) is 10.2 Å². The molecule has 1 aliphatic heterocycles. The predicted octanol–water partition coefficient (Wildman–Crippen LogP) is 0.325. The van der Waals surface area contributed by atoms with Gasteiger partial charge in [-0.1, -0.05) is 23.2 Å². The van der Waals surface area contributed by atoms with E-state index < -0.39 is 12.2 Å². The van der Waals surface area contributed by atoms with Crippen LogP contribution in [0, 0.1) is 0 Å². The Bertz CT molecular complexity index is 367. The zero-order chi connectivity index (χ0) is 11.0. The SMILES string of the molecule is OC1CN(c2cc(Cl)nnc2Cl)CC1O. The van der Waals surface area contributed by atoms with Crippen molar-refractivity contribution in [2.75, 3.05) is 18.0 Å². The second-order valence-corrected chi connectivity index (χ2v) is 4.13. The highest BCUT2D eigenvalue weighted by molar-refractivity contribution is 6.33. The van der Waals surface area contributed by atoms with Gasteiger partial charge in [0, 0.05) is 19.2 Å². The fourth-order valence-electron chi connectivity index (χ4n) is 1.53. The molecule has 2 rings (SSSR count). The average molecular weight is 250 g/mol. The lowest BCUT2D eigenvalue weighted by Gasteiger charge is -2.17. The lowest BCUT2D eigenvalue weighted by molar-refractivity contribution is 0.0572. The van der Waals surface area contributed by atoms with Crippen LogP contribution in [0.2, 0.25) is 10.3 Å². The van der Waals surface area contributed by atoms with E-state index in [1.807, 2.05) is 0 Å². The molecule has 0 radical (unpaired) electrons. The normalized spacial score (nSPS) is 26.0. The number of hydrogen-bond donors (Lipinski definition) is 2. The number of β-amino-alcohol motifs (C(OH)–C–C–N with tert-alkyl or cyclic N) is 2. The van der Waals surface area contributed by atoms with Gasteiger partial charge in [0.1, 0.15) is 0 Å². The van der Waals surface area contributed by atoms with E-state index in [4.69, 9.17) is 23.2 Å². The van der Waals surface area contributed by atoms with Crippen LogP contribution in [0.5, 0.6) is 0 Å². The third-order valence-electron chi connectivity index (χ3n) is 2.30.